The number of carbonyl (C=O) groups excluding carboxylic acids is 1. The molecule has 8 heteroatoms. The third-order valence-corrected chi connectivity index (χ3v) is 3.55. The molecule has 0 radical (unpaired) electrons. The topological polar surface area (TPSA) is 111 Å². The van der Waals surface area contributed by atoms with Gasteiger partial charge in [0, 0.05) is 19.5 Å². The summed E-state index contributed by atoms with van der Waals surface area (Å²) < 4.78 is 0. The van der Waals surface area contributed by atoms with E-state index in [1.54, 1.807) is 4.90 Å². The van der Waals surface area contributed by atoms with Crippen molar-refractivity contribution in [2.75, 3.05) is 13.1 Å². The molecule has 1 fully saturated rings. The smallest absolute Gasteiger partial charge is 0.317 e. The third-order valence-electron chi connectivity index (χ3n) is 3.55. The Kier molecular flexibility index (Phi) is 4.54. The zero-order valence-corrected chi connectivity index (χ0v) is 11.4. The Morgan fingerprint density at radius 2 is 2.25 bits per heavy atom. The molecule has 2 rings (SSSR count). The lowest BCUT2D eigenvalue weighted by Gasteiger charge is -2.32. The first kappa shape index (κ1) is 14.3. The molecule has 3 N–H and O–H groups in total. The molecule has 2 amide bonds. The number of hydrogen-bond acceptors (Lipinski definition) is 4. The molecule has 1 saturated heterocycles. The lowest BCUT2D eigenvalue weighted by atomic mass is 9.94. The highest BCUT2D eigenvalue weighted by Crippen LogP contribution is 2.20. The predicted octanol–water partition coefficient (Wildman–Crippen LogP) is 0.762. The lowest BCUT2D eigenvalue weighted by Crippen LogP contribution is -2.45. The van der Waals surface area contributed by atoms with E-state index in [2.05, 4.69) is 20.5 Å². The van der Waals surface area contributed by atoms with Gasteiger partial charge >= 0.3 is 12.0 Å². The number of amides is 2. The van der Waals surface area contributed by atoms with Gasteiger partial charge in [0.1, 0.15) is 12.2 Å². The largest absolute Gasteiger partial charge is 0.481 e. The number of urea groups is 1. The molecule has 0 saturated carbocycles. The van der Waals surface area contributed by atoms with Crippen LogP contribution in [0.4, 0.5) is 4.79 Å². The second kappa shape index (κ2) is 6.36. The molecular weight excluding hydrogens is 262 g/mol. The minimum absolute atomic E-state index is 0.150. The van der Waals surface area contributed by atoms with E-state index in [9.17, 15) is 9.59 Å². The summed E-state index contributed by atoms with van der Waals surface area (Å²) in [4.78, 5) is 28.4. The van der Waals surface area contributed by atoms with E-state index in [0.717, 1.165) is 12.8 Å². The van der Waals surface area contributed by atoms with Crippen molar-refractivity contribution in [3.8, 4) is 0 Å². The number of aliphatic carboxylic acids is 1. The molecule has 8 nitrogen and oxygen atoms in total. The highest BCUT2D eigenvalue weighted by molar-refractivity contribution is 5.74. The van der Waals surface area contributed by atoms with Crippen LogP contribution >= 0.6 is 0 Å². The maximum absolute atomic E-state index is 12.1. The molecule has 20 heavy (non-hydrogen) atoms. The summed E-state index contributed by atoms with van der Waals surface area (Å²) in [6, 6.07) is -0.385. The van der Waals surface area contributed by atoms with Crippen molar-refractivity contribution < 1.29 is 14.7 Å². The molecule has 110 valence electrons. The Morgan fingerprint density at radius 3 is 2.80 bits per heavy atom. The molecule has 0 aromatic carbocycles. The van der Waals surface area contributed by atoms with Crippen molar-refractivity contribution in [2.24, 2.45) is 5.92 Å². The highest BCUT2D eigenvalue weighted by Gasteiger charge is 2.25. The van der Waals surface area contributed by atoms with Crippen molar-refractivity contribution in [1.29, 1.82) is 0 Å². The van der Waals surface area contributed by atoms with E-state index in [1.807, 2.05) is 6.92 Å². The Morgan fingerprint density at radius 1 is 1.55 bits per heavy atom. The van der Waals surface area contributed by atoms with Crippen LogP contribution in [0.1, 0.15) is 38.1 Å². The number of aromatic amines is 1. The Hall–Kier alpha value is -2.12. The first-order chi connectivity index (χ1) is 9.56. The van der Waals surface area contributed by atoms with Crippen LogP contribution in [0.3, 0.4) is 0 Å². The summed E-state index contributed by atoms with van der Waals surface area (Å²) in [6.45, 7) is 3.01. The first-order valence-electron chi connectivity index (χ1n) is 6.68. The van der Waals surface area contributed by atoms with E-state index in [4.69, 9.17) is 5.11 Å². The molecule has 0 aliphatic carbocycles. The monoisotopic (exact) mass is 281 g/mol. The number of carbonyl (C=O) groups is 2. The minimum Gasteiger partial charge on any atom is -0.481 e. The Bertz CT molecular complexity index is 454. The van der Waals surface area contributed by atoms with Gasteiger partial charge in [0.2, 0.25) is 0 Å². The van der Waals surface area contributed by atoms with Gasteiger partial charge in [-0.25, -0.2) is 9.78 Å². The number of rotatable bonds is 4. The van der Waals surface area contributed by atoms with Crippen LogP contribution in [-0.2, 0) is 4.79 Å². The van der Waals surface area contributed by atoms with Gasteiger partial charge in [-0.05, 0) is 25.7 Å². The van der Waals surface area contributed by atoms with Gasteiger partial charge in [-0.1, -0.05) is 0 Å². The molecule has 1 unspecified atom stereocenters. The summed E-state index contributed by atoms with van der Waals surface area (Å²) in [5.74, 6) is 0.00852. The van der Waals surface area contributed by atoms with Gasteiger partial charge in [0.15, 0.2) is 0 Å². The number of likely N-dealkylation sites (tertiary alicyclic amines) is 1. The number of aromatic nitrogens is 3. The van der Waals surface area contributed by atoms with Crippen LogP contribution in [-0.4, -0.2) is 50.3 Å². The van der Waals surface area contributed by atoms with Crippen LogP contribution in [0, 0.1) is 5.92 Å². The number of carboxylic acids is 1. The minimum atomic E-state index is -0.771. The van der Waals surface area contributed by atoms with Crippen molar-refractivity contribution in [1.82, 2.24) is 25.4 Å². The molecule has 1 aromatic heterocycles. The molecular formula is C12H19N5O3. The van der Waals surface area contributed by atoms with E-state index in [0.29, 0.717) is 18.9 Å². The molecule has 2 heterocycles. The number of nitrogens with zero attached hydrogens (tertiary/aromatic N) is 3. The van der Waals surface area contributed by atoms with E-state index in [1.165, 1.54) is 6.33 Å². The van der Waals surface area contributed by atoms with Gasteiger partial charge in [-0.3, -0.25) is 9.89 Å². The fourth-order valence-corrected chi connectivity index (χ4v) is 2.36. The van der Waals surface area contributed by atoms with E-state index >= 15 is 0 Å². The van der Waals surface area contributed by atoms with E-state index < -0.39 is 5.97 Å². The zero-order chi connectivity index (χ0) is 14.5. The van der Waals surface area contributed by atoms with Crippen molar-refractivity contribution in [3.05, 3.63) is 12.2 Å². The fraction of sp³-hybridized carbons (Fsp3) is 0.667. The SMILES string of the molecule is CC(NC(=O)N1CCC(CC(=O)O)CC1)c1ncn[nH]1. The highest BCUT2D eigenvalue weighted by atomic mass is 16.4. The van der Waals surface area contributed by atoms with Gasteiger partial charge in [-0.15, -0.1) is 0 Å². The molecule has 0 spiro atoms. The van der Waals surface area contributed by atoms with Gasteiger partial charge in [-0.2, -0.15) is 5.10 Å². The Balaban J connectivity index is 1.78. The van der Waals surface area contributed by atoms with Crippen LogP contribution in [0.25, 0.3) is 0 Å². The zero-order valence-electron chi connectivity index (χ0n) is 11.4. The number of piperidine rings is 1. The number of nitrogens with one attached hydrogen (secondary N) is 2. The standard InChI is InChI=1S/C12H19N5O3/c1-8(11-13-7-14-16-11)15-12(20)17-4-2-9(3-5-17)6-10(18)19/h7-9H,2-6H2,1H3,(H,15,20)(H,18,19)(H,13,14,16). The average Bonchev–Trinajstić information content (AvgIpc) is 2.92. The van der Waals surface area contributed by atoms with Crippen LogP contribution in [0.5, 0.6) is 0 Å². The van der Waals surface area contributed by atoms with Crippen LogP contribution < -0.4 is 5.32 Å². The maximum Gasteiger partial charge on any atom is 0.317 e. The molecule has 1 atom stereocenters. The predicted molar refractivity (Wildman–Crippen MR) is 69.9 cm³/mol. The van der Waals surface area contributed by atoms with E-state index in [-0.39, 0.29) is 24.4 Å². The second-order valence-electron chi connectivity index (χ2n) is 5.07. The second-order valence-corrected chi connectivity index (χ2v) is 5.07. The van der Waals surface area contributed by atoms with Gasteiger partial charge in [0.05, 0.1) is 6.04 Å². The normalized spacial score (nSPS) is 17.8. The van der Waals surface area contributed by atoms with Gasteiger partial charge < -0.3 is 15.3 Å². The average molecular weight is 281 g/mol. The summed E-state index contributed by atoms with van der Waals surface area (Å²) in [6.07, 6.45) is 3.05. The van der Waals surface area contributed by atoms with Gasteiger partial charge in [0.25, 0.3) is 0 Å². The summed E-state index contributed by atoms with van der Waals surface area (Å²) in [7, 11) is 0. The van der Waals surface area contributed by atoms with Crippen molar-refractivity contribution >= 4 is 12.0 Å². The molecule has 0 bridgehead atoms. The summed E-state index contributed by atoms with van der Waals surface area (Å²) in [5.41, 5.74) is 0. The summed E-state index contributed by atoms with van der Waals surface area (Å²) in [5, 5.41) is 18.1. The number of hydrogen-bond donors (Lipinski definition) is 3. The quantitative estimate of drug-likeness (QED) is 0.754. The lowest BCUT2D eigenvalue weighted by molar-refractivity contribution is -0.138. The molecule has 1 aliphatic rings. The number of H-pyrrole nitrogens is 1. The van der Waals surface area contributed by atoms with Crippen LogP contribution in [0.15, 0.2) is 6.33 Å². The fourth-order valence-electron chi connectivity index (χ4n) is 2.36. The Labute approximate surface area is 116 Å². The van der Waals surface area contributed by atoms with Crippen molar-refractivity contribution in [2.45, 2.75) is 32.2 Å². The summed E-state index contributed by atoms with van der Waals surface area (Å²) >= 11 is 0. The van der Waals surface area contributed by atoms with Crippen LogP contribution in [0.2, 0.25) is 0 Å². The first-order valence-corrected chi connectivity index (χ1v) is 6.68. The van der Waals surface area contributed by atoms with Crippen molar-refractivity contribution in [3.63, 3.8) is 0 Å². The third kappa shape index (κ3) is 3.69. The maximum atomic E-state index is 12.1. The number of carboxylic acid groups (broad SMARTS) is 1. The molecule has 1 aliphatic heterocycles. The molecule has 1 aromatic rings.